The molecule has 0 unspecified atom stereocenters. The van der Waals surface area contributed by atoms with Crippen molar-refractivity contribution in [1.82, 2.24) is 10.2 Å². The molecular formula is C18H36N2. The van der Waals surface area contributed by atoms with Gasteiger partial charge in [0.05, 0.1) is 0 Å². The largest absolute Gasteiger partial charge is 0.314 e. The van der Waals surface area contributed by atoms with Crippen LogP contribution in [0.15, 0.2) is 11.6 Å². The van der Waals surface area contributed by atoms with Crippen molar-refractivity contribution in [3.63, 3.8) is 0 Å². The van der Waals surface area contributed by atoms with Gasteiger partial charge in [0.1, 0.15) is 0 Å². The Morgan fingerprint density at radius 3 is 2.35 bits per heavy atom. The third-order valence-corrected chi connectivity index (χ3v) is 4.31. The summed E-state index contributed by atoms with van der Waals surface area (Å²) in [7, 11) is 0. The summed E-state index contributed by atoms with van der Waals surface area (Å²) in [6, 6.07) is 0.772. The third kappa shape index (κ3) is 8.76. The molecule has 1 rings (SSSR count). The van der Waals surface area contributed by atoms with Crippen molar-refractivity contribution in [2.45, 2.75) is 78.2 Å². The van der Waals surface area contributed by atoms with Gasteiger partial charge in [-0.3, -0.25) is 4.90 Å². The summed E-state index contributed by atoms with van der Waals surface area (Å²) < 4.78 is 0. The van der Waals surface area contributed by atoms with Gasteiger partial charge in [-0.05, 0) is 52.7 Å². The number of piperidine rings is 1. The lowest BCUT2D eigenvalue weighted by atomic mass is 10.0. The number of hydrogen-bond acceptors (Lipinski definition) is 2. The predicted octanol–water partition coefficient (Wildman–Crippen LogP) is 4.37. The fourth-order valence-electron chi connectivity index (χ4n) is 2.84. The normalized spacial score (nSPS) is 17.4. The predicted molar refractivity (Wildman–Crippen MR) is 90.3 cm³/mol. The van der Waals surface area contributed by atoms with Crippen LogP contribution in [-0.4, -0.2) is 37.1 Å². The van der Waals surface area contributed by atoms with Crippen LogP contribution in [0.1, 0.15) is 72.1 Å². The van der Waals surface area contributed by atoms with Crippen molar-refractivity contribution in [3.05, 3.63) is 11.6 Å². The van der Waals surface area contributed by atoms with Crippen LogP contribution in [0.2, 0.25) is 0 Å². The third-order valence-electron chi connectivity index (χ3n) is 4.31. The summed E-state index contributed by atoms with van der Waals surface area (Å²) in [6.45, 7) is 11.6. The van der Waals surface area contributed by atoms with Crippen LogP contribution >= 0.6 is 0 Å². The van der Waals surface area contributed by atoms with Crippen LogP contribution in [0.4, 0.5) is 0 Å². The van der Waals surface area contributed by atoms with Crippen LogP contribution in [0, 0.1) is 0 Å². The van der Waals surface area contributed by atoms with E-state index in [0.717, 1.165) is 12.6 Å². The molecule has 0 atom stereocenters. The van der Waals surface area contributed by atoms with Gasteiger partial charge in [0.2, 0.25) is 0 Å². The molecule has 0 aromatic heterocycles. The monoisotopic (exact) mass is 280 g/mol. The Bertz CT molecular complexity index is 248. The minimum atomic E-state index is 0.772. The molecule has 2 heteroatoms. The standard InChI is InChI=1S/C18H36N2/c1-4-5-6-7-8-9-13-19-18-11-15-20(16-12-18)14-10-17(2)3/h10,18-19H,4-9,11-16H2,1-3H3. The van der Waals surface area contributed by atoms with Gasteiger partial charge in [-0.25, -0.2) is 0 Å². The zero-order valence-electron chi connectivity index (χ0n) is 14.1. The molecule has 0 aliphatic carbocycles. The Morgan fingerprint density at radius 1 is 1.05 bits per heavy atom. The van der Waals surface area contributed by atoms with Crippen molar-refractivity contribution in [2.24, 2.45) is 0 Å². The maximum Gasteiger partial charge on any atom is 0.0165 e. The van der Waals surface area contributed by atoms with Gasteiger partial charge < -0.3 is 5.32 Å². The van der Waals surface area contributed by atoms with Gasteiger partial charge in [0.25, 0.3) is 0 Å². The van der Waals surface area contributed by atoms with Crippen LogP contribution in [-0.2, 0) is 0 Å². The molecule has 0 bridgehead atoms. The van der Waals surface area contributed by atoms with Crippen LogP contribution < -0.4 is 5.32 Å². The Hall–Kier alpha value is -0.340. The molecule has 2 nitrogen and oxygen atoms in total. The first-order valence-corrected chi connectivity index (χ1v) is 8.81. The lowest BCUT2D eigenvalue weighted by molar-refractivity contribution is 0.214. The fourth-order valence-corrected chi connectivity index (χ4v) is 2.84. The highest BCUT2D eigenvalue weighted by atomic mass is 15.1. The molecule has 0 aromatic rings. The molecule has 1 aliphatic heterocycles. The Kier molecular flexibility index (Phi) is 10.0. The van der Waals surface area contributed by atoms with Gasteiger partial charge in [0.15, 0.2) is 0 Å². The zero-order valence-corrected chi connectivity index (χ0v) is 14.1. The number of nitrogens with one attached hydrogen (secondary N) is 1. The Labute approximate surface area is 127 Å². The van der Waals surface area contributed by atoms with Crippen LogP contribution in [0.25, 0.3) is 0 Å². The van der Waals surface area contributed by atoms with E-state index in [1.807, 2.05) is 0 Å². The first kappa shape index (κ1) is 17.7. The number of hydrogen-bond donors (Lipinski definition) is 1. The van der Waals surface area contributed by atoms with Crippen LogP contribution in [0.3, 0.4) is 0 Å². The second-order valence-corrected chi connectivity index (χ2v) is 6.58. The molecule has 1 heterocycles. The van der Waals surface area contributed by atoms with Gasteiger partial charge in [-0.15, -0.1) is 0 Å². The molecule has 20 heavy (non-hydrogen) atoms. The highest BCUT2D eigenvalue weighted by Gasteiger charge is 2.17. The zero-order chi connectivity index (χ0) is 14.6. The molecule has 0 aromatic carbocycles. The fraction of sp³-hybridized carbons (Fsp3) is 0.889. The van der Waals surface area contributed by atoms with E-state index >= 15 is 0 Å². The van der Waals surface area contributed by atoms with E-state index in [1.165, 1.54) is 76.6 Å². The Morgan fingerprint density at radius 2 is 1.70 bits per heavy atom. The van der Waals surface area contributed by atoms with Crippen LogP contribution in [0.5, 0.6) is 0 Å². The lowest BCUT2D eigenvalue weighted by Crippen LogP contribution is -2.42. The maximum atomic E-state index is 3.76. The highest BCUT2D eigenvalue weighted by molar-refractivity contribution is 4.95. The minimum absolute atomic E-state index is 0.772. The second kappa shape index (κ2) is 11.3. The molecule has 118 valence electrons. The summed E-state index contributed by atoms with van der Waals surface area (Å²) >= 11 is 0. The highest BCUT2D eigenvalue weighted by Crippen LogP contribution is 2.11. The molecule has 1 aliphatic rings. The molecule has 1 saturated heterocycles. The number of rotatable bonds is 10. The lowest BCUT2D eigenvalue weighted by Gasteiger charge is -2.31. The van der Waals surface area contributed by atoms with Crippen molar-refractivity contribution >= 4 is 0 Å². The Balaban J connectivity index is 1.95. The summed E-state index contributed by atoms with van der Waals surface area (Å²) in [5, 5.41) is 3.76. The molecule has 0 spiro atoms. The molecule has 1 N–H and O–H groups in total. The first-order valence-electron chi connectivity index (χ1n) is 8.81. The van der Waals surface area contributed by atoms with Crippen molar-refractivity contribution in [3.8, 4) is 0 Å². The van der Waals surface area contributed by atoms with E-state index < -0.39 is 0 Å². The summed E-state index contributed by atoms with van der Waals surface area (Å²) in [4.78, 5) is 2.58. The molecule has 0 saturated carbocycles. The summed E-state index contributed by atoms with van der Waals surface area (Å²) in [5.74, 6) is 0. The molecule has 1 fully saturated rings. The number of allylic oxidation sites excluding steroid dienone is 1. The number of nitrogens with zero attached hydrogens (tertiary/aromatic N) is 1. The van der Waals surface area contributed by atoms with Crippen molar-refractivity contribution in [2.75, 3.05) is 26.2 Å². The van der Waals surface area contributed by atoms with Gasteiger partial charge in [0, 0.05) is 12.6 Å². The van der Waals surface area contributed by atoms with E-state index in [1.54, 1.807) is 0 Å². The van der Waals surface area contributed by atoms with E-state index in [-0.39, 0.29) is 0 Å². The summed E-state index contributed by atoms with van der Waals surface area (Å²) in [6.07, 6.45) is 13.4. The average Bonchev–Trinajstić information content (AvgIpc) is 2.45. The molecular weight excluding hydrogens is 244 g/mol. The number of unbranched alkanes of at least 4 members (excludes halogenated alkanes) is 5. The van der Waals surface area contributed by atoms with E-state index in [2.05, 4.69) is 37.1 Å². The first-order chi connectivity index (χ1) is 9.72. The molecule has 0 amide bonds. The van der Waals surface area contributed by atoms with Crippen molar-refractivity contribution < 1.29 is 0 Å². The summed E-state index contributed by atoms with van der Waals surface area (Å²) in [5.41, 5.74) is 1.44. The SMILES string of the molecule is CCCCCCCCNC1CCN(CC=C(C)C)CC1. The smallest absolute Gasteiger partial charge is 0.0165 e. The van der Waals surface area contributed by atoms with E-state index in [9.17, 15) is 0 Å². The average molecular weight is 281 g/mol. The van der Waals surface area contributed by atoms with Gasteiger partial charge in [-0.1, -0.05) is 50.7 Å². The van der Waals surface area contributed by atoms with Crippen molar-refractivity contribution in [1.29, 1.82) is 0 Å². The topological polar surface area (TPSA) is 15.3 Å². The maximum absolute atomic E-state index is 3.76. The van der Waals surface area contributed by atoms with E-state index in [4.69, 9.17) is 0 Å². The molecule has 0 radical (unpaired) electrons. The van der Waals surface area contributed by atoms with Gasteiger partial charge in [-0.2, -0.15) is 0 Å². The van der Waals surface area contributed by atoms with E-state index in [0.29, 0.717) is 0 Å². The van der Waals surface area contributed by atoms with Gasteiger partial charge >= 0.3 is 0 Å². The quantitative estimate of drug-likeness (QED) is 0.472. The minimum Gasteiger partial charge on any atom is -0.314 e. The second-order valence-electron chi connectivity index (χ2n) is 6.58. The number of likely N-dealkylation sites (tertiary alicyclic amines) is 1.